The van der Waals surface area contributed by atoms with Crippen LogP contribution in [0.25, 0.3) is 0 Å². The second-order valence-electron chi connectivity index (χ2n) is 6.72. The number of benzene rings is 1. The van der Waals surface area contributed by atoms with E-state index in [1.54, 1.807) is 7.11 Å². The van der Waals surface area contributed by atoms with Gasteiger partial charge in [0.1, 0.15) is 5.75 Å². The summed E-state index contributed by atoms with van der Waals surface area (Å²) in [6, 6.07) is 7.71. The molecule has 21 heavy (non-hydrogen) atoms. The molecular weight excluding hydrogens is 264 g/mol. The van der Waals surface area contributed by atoms with Crippen molar-refractivity contribution in [2.24, 2.45) is 0 Å². The molecule has 0 aromatic heterocycles. The van der Waals surface area contributed by atoms with Crippen molar-refractivity contribution in [3.8, 4) is 5.75 Å². The minimum absolute atomic E-state index is 0.230. The van der Waals surface area contributed by atoms with Gasteiger partial charge < -0.3 is 9.84 Å². The molecule has 1 saturated heterocycles. The summed E-state index contributed by atoms with van der Waals surface area (Å²) < 4.78 is 5.33. The third-order valence-corrected chi connectivity index (χ3v) is 4.25. The Balaban J connectivity index is 1.91. The number of aliphatic hydroxyl groups excluding tert-OH is 1. The summed E-state index contributed by atoms with van der Waals surface area (Å²) >= 11 is 0. The van der Waals surface area contributed by atoms with Crippen LogP contribution in [0.1, 0.15) is 32.4 Å². The number of methoxy groups -OCH3 is 1. The van der Waals surface area contributed by atoms with Gasteiger partial charge in [-0.25, -0.2) is 0 Å². The van der Waals surface area contributed by atoms with Gasteiger partial charge in [-0.05, 0) is 26.8 Å². The molecule has 4 heteroatoms. The van der Waals surface area contributed by atoms with Crippen molar-refractivity contribution >= 4 is 0 Å². The van der Waals surface area contributed by atoms with Crippen molar-refractivity contribution in [2.45, 2.75) is 32.4 Å². The fraction of sp³-hybridized carbons (Fsp3) is 0.647. The summed E-state index contributed by atoms with van der Waals surface area (Å²) in [6.45, 7) is 11.6. The van der Waals surface area contributed by atoms with Crippen molar-refractivity contribution < 1.29 is 9.84 Å². The van der Waals surface area contributed by atoms with E-state index in [9.17, 15) is 5.11 Å². The Kier molecular flexibility index (Phi) is 5.25. The van der Waals surface area contributed by atoms with Gasteiger partial charge >= 0.3 is 0 Å². The lowest BCUT2D eigenvalue weighted by atomic mass is 10.0. The molecule has 0 spiro atoms. The predicted molar refractivity (Wildman–Crippen MR) is 85.7 cm³/mol. The van der Waals surface area contributed by atoms with Gasteiger partial charge in [-0.2, -0.15) is 0 Å². The molecule has 2 rings (SSSR count). The lowest BCUT2D eigenvalue weighted by Gasteiger charge is -2.42. The second kappa shape index (κ2) is 6.77. The molecule has 1 aliphatic rings. The van der Waals surface area contributed by atoms with Gasteiger partial charge in [-0.3, -0.25) is 9.80 Å². The van der Waals surface area contributed by atoms with Crippen LogP contribution in [0, 0.1) is 0 Å². The summed E-state index contributed by atoms with van der Waals surface area (Å²) in [5.41, 5.74) is 1.10. The van der Waals surface area contributed by atoms with Gasteiger partial charge in [-0.1, -0.05) is 18.2 Å². The Labute approximate surface area is 128 Å². The molecule has 1 atom stereocenters. The summed E-state index contributed by atoms with van der Waals surface area (Å²) in [5.74, 6) is 0.762. The molecule has 1 aromatic carbocycles. The Morgan fingerprint density at radius 2 is 1.76 bits per heavy atom. The lowest BCUT2D eigenvalue weighted by molar-refractivity contribution is 0.0357. The number of ether oxygens (including phenoxy) is 1. The van der Waals surface area contributed by atoms with Crippen LogP contribution < -0.4 is 4.74 Å². The first kappa shape index (κ1) is 16.3. The number of piperazine rings is 1. The minimum Gasteiger partial charge on any atom is -0.496 e. The molecule has 1 N–H and O–H groups in total. The Morgan fingerprint density at radius 3 is 2.33 bits per heavy atom. The van der Waals surface area contributed by atoms with Gasteiger partial charge in [0.25, 0.3) is 0 Å². The molecule has 0 amide bonds. The molecule has 1 aliphatic heterocycles. The Bertz CT molecular complexity index is 448. The van der Waals surface area contributed by atoms with E-state index in [0.29, 0.717) is 6.54 Å². The highest BCUT2D eigenvalue weighted by atomic mass is 16.5. The summed E-state index contributed by atoms with van der Waals surface area (Å²) in [7, 11) is 1.65. The molecule has 0 aliphatic carbocycles. The maximum absolute atomic E-state index is 10.5. The number of β-amino-alcohol motifs (C(OH)–C–C–N with tert-alkyl or cyclic N) is 1. The highest BCUT2D eigenvalue weighted by molar-refractivity contribution is 5.35. The smallest absolute Gasteiger partial charge is 0.124 e. The van der Waals surface area contributed by atoms with Crippen molar-refractivity contribution in [3.63, 3.8) is 0 Å². The SMILES string of the molecule is COc1ccccc1C(O)CN1CCN(C(C)(C)C)CC1. The summed E-state index contributed by atoms with van der Waals surface area (Å²) in [5, 5.41) is 10.5. The van der Waals surface area contributed by atoms with E-state index < -0.39 is 6.10 Å². The fourth-order valence-corrected chi connectivity index (χ4v) is 2.89. The number of hydrogen-bond donors (Lipinski definition) is 1. The standard InChI is InChI=1S/C17H28N2O2/c1-17(2,3)19-11-9-18(10-12-19)13-15(20)14-7-5-6-8-16(14)21-4/h5-8,15,20H,9-13H2,1-4H3. The topological polar surface area (TPSA) is 35.9 Å². The zero-order valence-corrected chi connectivity index (χ0v) is 13.7. The maximum atomic E-state index is 10.5. The molecule has 0 saturated carbocycles. The molecule has 4 nitrogen and oxygen atoms in total. The minimum atomic E-state index is -0.498. The quantitative estimate of drug-likeness (QED) is 0.922. The molecule has 118 valence electrons. The molecule has 1 unspecified atom stereocenters. The van der Waals surface area contributed by atoms with E-state index in [-0.39, 0.29) is 5.54 Å². The zero-order chi connectivity index (χ0) is 15.5. The van der Waals surface area contributed by atoms with E-state index in [4.69, 9.17) is 4.74 Å². The van der Waals surface area contributed by atoms with E-state index >= 15 is 0 Å². The fourth-order valence-electron chi connectivity index (χ4n) is 2.89. The first-order chi connectivity index (χ1) is 9.91. The lowest BCUT2D eigenvalue weighted by Crippen LogP contribution is -2.53. The third kappa shape index (κ3) is 4.19. The molecule has 1 fully saturated rings. The van der Waals surface area contributed by atoms with Gasteiger partial charge in [-0.15, -0.1) is 0 Å². The highest BCUT2D eigenvalue weighted by Crippen LogP contribution is 2.26. The van der Waals surface area contributed by atoms with E-state index in [2.05, 4.69) is 30.6 Å². The average Bonchev–Trinajstić information content (AvgIpc) is 2.46. The summed E-state index contributed by atoms with van der Waals surface area (Å²) in [6.07, 6.45) is -0.498. The van der Waals surface area contributed by atoms with Gasteiger partial charge in [0.05, 0.1) is 13.2 Å². The second-order valence-corrected chi connectivity index (χ2v) is 6.72. The molecular formula is C17H28N2O2. The maximum Gasteiger partial charge on any atom is 0.124 e. The number of aliphatic hydroxyl groups is 1. The number of para-hydroxylation sites is 1. The van der Waals surface area contributed by atoms with Crippen LogP contribution >= 0.6 is 0 Å². The monoisotopic (exact) mass is 292 g/mol. The van der Waals surface area contributed by atoms with E-state index in [1.807, 2.05) is 24.3 Å². The Morgan fingerprint density at radius 1 is 1.14 bits per heavy atom. The summed E-state index contributed by atoms with van der Waals surface area (Å²) in [4.78, 5) is 4.83. The first-order valence-electron chi connectivity index (χ1n) is 7.70. The molecule has 1 heterocycles. The third-order valence-electron chi connectivity index (χ3n) is 4.25. The molecule has 0 radical (unpaired) electrons. The largest absolute Gasteiger partial charge is 0.496 e. The van der Waals surface area contributed by atoms with Crippen molar-refractivity contribution in [1.29, 1.82) is 0 Å². The van der Waals surface area contributed by atoms with Crippen LogP contribution in [-0.4, -0.2) is 60.3 Å². The van der Waals surface area contributed by atoms with E-state index in [1.165, 1.54) is 0 Å². The van der Waals surface area contributed by atoms with Crippen LogP contribution in [-0.2, 0) is 0 Å². The van der Waals surface area contributed by atoms with Crippen LogP contribution in [0.5, 0.6) is 5.75 Å². The first-order valence-corrected chi connectivity index (χ1v) is 7.70. The van der Waals surface area contributed by atoms with Crippen molar-refractivity contribution in [1.82, 2.24) is 9.80 Å². The van der Waals surface area contributed by atoms with Gasteiger partial charge in [0.2, 0.25) is 0 Å². The van der Waals surface area contributed by atoms with Crippen LogP contribution in [0.2, 0.25) is 0 Å². The Hall–Kier alpha value is -1.10. The molecule has 0 bridgehead atoms. The van der Waals surface area contributed by atoms with Crippen molar-refractivity contribution in [2.75, 3.05) is 39.8 Å². The normalized spacial score (nSPS) is 19.5. The zero-order valence-electron chi connectivity index (χ0n) is 13.7. The van der Waals surface area contributed by atoms with Crippen molar-refractivity contribution in [3.05, 3.63) is 29.8 Å². The average molecular weight is 292 g/mol. The number of nitrogens with zero attached hydrogens (tertiary/aromatic N) is 2. The van der Waals surface area contributed by atoms with Crippen LogP contribution in [0.3, 0.4) is 0 Å². The highest BCUT2D eigenvalue weighted by Gasteiger charge is 2.27. The van der Waals surface area contributed by atoms with Gasteiger partial charge in [0.15, 0.2) is 0 Å². The predicted octanol–water partition coefficient (Wildman–Crippen LogP) is 2.14. The van der Waals surface area contributed by atoms with Crippen LogP contribution in [0.4, 0.5) is 0 Å². The number of hydrogen-bond acceptors (Lipinski definition) is 4. The molecule has 1 aromatic rings. The van der Waals surface area contributed by atoms with Crippen LogP contribution in [0.15, 0.2) is 24.3 Å². The number of rotatable bonds is 4. The van der Waals surface area contributed by atoms with E-state index in [0.717, 1.165) is 37.5 Å². The van der Waals surface area contributed by atoms with Gasteiger partial charge in [0, 0.05) is 43.8 Å².